The fourth-order valence-corrected chi connectivity index (χ4v) is 5.23. The number of rotatable bonds is 24. The van der Waals surface area contributed by atoms with Crippen molar-refractivity contribution < 1.29 is 0 Å². The van der Waals surface area contributed by atoms with Gasteiger partial charge in [0.2, 0.25) is 0 Å². The van der Waals surface area contributed by atoms with Gasteiger partial charge in [-0.15, -0.1) is 39.5 Å². The second-order valence-electron chi connectivity index (χ2n) is 9.17. The molecule has 0 rings (SSSR count). The first-order chi connectivity index (χ1) is 15.6. The van der Waals surface area contributed by atoms with Crippen LogP contribution < -0.4 is 5.73 Å². The Morgan fingerprint density at radius 2 is 0.750 bits per heavy atom. The van der Waals surface area contributed by atoms with Crippen molar-refractivity contribution in [1.29, 1.82) is 0 Å². The molecule has 0 aliphatic rings. The highest BCUT2D eigenvalue weighted by atomic mass is 15.3. The van der Waals surface area contributed by atoms with Gasteiger partial charge in [-0.2, -0.15) is 0 Å². The van der Waals surface area contributed by atoms with Crippen molar-refractivity contribution in [2.75, 3.05) is 13.1 Å². The van der Waals surface area contributed by atoms with Gasteiger partial charge in [-0.25, -0.2) is 0 Å². The smallest absolute Gasteiger partial charge is 0.0318 e. The summed E-state index contributed by atoms with van der Waals surface area (Å²) in [6.07, 6.45) is 27.9. The molecule has 2 heteroatoms. The molecule has 0 aromatic carbocycles. The number of hydrogen-bond acceptors (Lipinski definition) is 2. The lowest BCUT2D eigenvalue weighted by atomic mass is 9.76. The fourth-order valence-electron chi connectivity index (χ4n) is 5.23. The molecule has 0 atom stereocenters. The topological polar surface area (TPSA) is 29.3 Å². The molecule has 0 aliphatic heterocycles. The number of hydrogen-bond donors (Lipinski definition) is 1. The van der Waals surface area contributed by atoms with Crippen LogP contribution in [0, 0.1) is 0 Å². The summed E-state index contributed by atoms with van der Waals surface area (Å²) in [6, 6.07) is 0. The molecule has 0 unspecified atom stereocenters. The predicted octanol–water partition coefficient (Wildman–Crippen LogP) is 8.30. The summed E-state index contributed by atoms with van der Waals surface area (Å²) in [5.74, 6) is 0. The van der Waals surface area contributed by atoms with Crippen LogP contribution in [-0.4, -0.2) is 29.1 Å². The standard InChI is InChI=1S/C30H52N2/c1-7-21-29(22-8-2,23-9-3)32(30(24-10-4,25-11-5)26-12-6)28-20-18-16-14-13-15-17-19-27-31/h7-12H,1-6,13-28,31H2. The molecular formula is C30H52N2. The molecule has 0 heterocycles. The van der Waals surface area contributed by atoms with Gasteiger partial charge in [0.1, 0.15) is 0 Å². The van der Waals surface area contributed by atoms with Gasteiger partial charge >= 0.3 is 0 Å². The fraction of sp³-hybridized carbons (Fsp3) is 0.600. The zero-order valence-electron chi connectivity index (χ0n) is 21.0. The van der Waals surface area contributed by atoms with Gasteiger partial charge in [0.05, 0.1) is 0 Å². The maximum absolute atomic E-state index is 5.59. The van der Waals surface area contributed by atoms with E-state index in [4.69, 9.17) is 5.73 Å². The van der Waals surface area contributed by atoms with E-state index >= 15 is 0 Å². The molecule has 32 heavy (non-hydrogen) atoms. The van der Waals surface area contributed by atoms with Crippen molar-refractivity contribution in [2.45, 2.75) is 101 Å². The minimum atomic E-state index is -0.0808. The highest BCUT2D eigenvalue weighted by molar-refractivity contribution is 5.12. The van der Waals surface area contributed by atoms with Crippen LogP contribution in [0.3, 0.4) is 0 Å². The van der Waals surface area contributed by atoms with Gasteiger partial charge in [-0.05, 0) is 64.5 Å². The zero-order valence-corrected chi connectivity index (χ0v) is 21.0. The Bertz CT molecular complexity index is 454. The van der Waals surface area contributed by atoms with E-state index in [0.717, 1.165) is 58.0 Å². The molecule has 0 fully saturated rings. The number of nitrogens with two attached hydrogens (primary N) is 1. The summed E-state index contributed by atoms with van der Waals surface area (Å²) in [6.45, 7) is 26.5. The Balaban J connectivity index is 5.65. The third kappa shape index (κ3) is 10.3. The first-order valence-corrected chi connectivity index (χ1v) is 12.7. The van der Waals surface area contributed by atoms with Crippen LogP contribution in [0.2, 0.25) is 0 Å². The lowest BCUT2D eigenvalue weighted by Gasteiger charge is -2.54. The molecular weight excluding hydrogens is 388 g/mol. The van der Waals surface area contributed by atoms with Crippen molar-refractivity contribution >= 4 is 0 Å². The largest absolute Gasteiger partial charge is 0.330 e. The maximum Gasteiger partial charge on any atom is 0.0318 e. The van der Waals surface area contributed by atoms with E-state index in [9.17, 15) is 0 Å². The van der Waals surface area contributed by atoms with Crippen LogP contribution in [0.15, 0.2) is 75.9 Å². The van der Waals surface area contributed by atoms with Crippen LogP contribution in [0.25, 0.3) is 0 Å². The minimum absolute atomic E-state index is 0.0808. The van der Waals surface area contributed by atoms with Gasteiger partial charge in [0.25, 0.3) is 0 Å². The monoisotopic (exact) mass is 440 g/mol. The van der Waals surface area contributed by atoms with E-state index in [2.05, 4.69) is 80.8 Å². The SMILES string of the molecule is C=CCC(CC=C)(CC=C)N(CCCCCCCCCCN)C(CC=C)(CC=C)CC=C. The summed E-state index contributed by atoms with van der Waals surface area (Å²) in [7, 11) is 0. The van der Waals surface area contributed by atoms with Gasteiger partial charge in [0.15, 0.2) is 0 Å². The van der Waals surface area contributed by atoms with Crippen LogP contribution in [0.1, 0.15) is 89.9 Å². The van der Waals surface area contributed by atoms with Crippen LogP contribution in [-0.2, 0) is 0 Å². The Morgan fingerprint density at radius 1 is 0.469 bits per heavy atom. The van der Waals surface area contributed by atoms with Gasteiger partial charge in [-0.1, -0.05) is 75.0 Å². The summed E-state index contributed by atoms with van der Waals surface area (Å²) >= 11 is 0. The Morgan fingerprint density at radius 3 is 1.03 bits per heavy atom. The second-order valence-corrected chi connectivity index (χ2v) is 9.17. The third-order valence-corrected chi connectivity index (χ3v) is 6.63. The van der Waals surface area contributed by atoms with E-state index in [1.54, 1.807) is 0 Å². The highest BCUT2D eigenvalue weighted by Gasteiger charge is 2.44. The molecule has 0 radical (unpaired) electrons. The molecule has 0 bridgehead atoms. The normalized spacial score (nSPS) is 11.8. The van der Waals surface area contributed by atoms with E-state index in [0.29, 0.717) is 0 Å². The molecule has 182 valence electrons. The van der Waals surface area contributed by atoms with E-state index < -0.39 is 0 Å². The summed E-state index contributed by atoms with van der Waals surface area (Å²) in [4.78, 5) is 2.73. The average Bonchev–Trinajstić information content (AvgIpc) is 2.76. The van der Waals surface area contributed by atoms with Gasteiger partial charge in [0, 0.05) is 11.1 Å². The third-order valence-electron chi connectivity index (χ3n) is 6.63. The van der Waals surface area contributed by atoms with Crippen molar-refractivity contribution in [3.8, 4) is 0 Å². The number of unbranched alkanes of at least 4 members (excludes halogenated alkanes) is 7. The minimum Gasteiger partial charge on any atom is -0.330 e. The van der Waals surface area contributed by atoms with E-state index in [-0.39, 0.29) is 11.1 Å². The molecule has 2 N–H and O–H groups in total. The van der Waals surface area contributed by atoms with Crippen LogP contribution in [0.4, 0.5) is 0 Å². The lowest BCUT2D eigenvalue weighted by Crippen LogP contribution is -2.60. The molecule has 0 saturated heterocycles. The average molecular weight is 441 g/mol. The molecule has 2 nitrogen and oxygen atoms in total. The Hall–Kier alpha value is -1.64. The summed E-state index contributed by atoms with van der Waals surface area (Å²) in [5.41, 5.74) is 5.43. The van der Waals surface area contributed by atoms with Crippen LogP contribution in [0.5, 0.6) is 0 Å². The van der Waals surface area contributed by atoms with E-state index in [1.807, 2.05) is 0 Å². The lowest BCUT2D eigenvalue weighted by molar-refractivity contribution is -0.0196. The summed E-state index contributed by atoms with van der Waals surface area (Å²) in [5, 5.41) is 0. The van der Waals surface area contributed by atoms with Gasteiger partial charge in [-0.3, -0.25) is 4.90 Å². The maximum atomic E-state index is 5.59. The van der Waals surface area contributed by atoms with Crippen molar-refractivity contribution in [1.82, 2.24) is 4.90 Å². The number of nitrogens with zero attached hydrogens (tertiary/aromatic N) is 1. The van der Waals surface area contributed by atoms with Crippen molar-refractivity contribution in [3.63, 3.8) is 0 Å². The zero-order chi connectivity index (χ0) is 24.1. The van der Waals surface area contributed by atoms with Crippen LogP contribution >= 0.6 is 0 Å². The summed E-state index contributed by atoms with van der Waals surface area (Å²) < 4.78 is 0. The molecule has 0 saturated carbocycles. The van der Waals surface area contributed by atoms with Crippen molar-refractivity contribution in [2.24, 2.45) is 5.73 Å². The highest BCUT2D eigenvalue weighted by Crippen LogP contribution is 2.41. The van der Waals surface area contributed by atoms with Gasteiger partial charge < -0.3 is 5.73 Å². The first-order valence-electron chi connectivity index (χ1n) is 12.7. The van der Waals surface area contributed by atoms with E-state index in [1.165, 1.54) is 44.9 Å². The molecule has 0 amide bonds. The molecule has 0 aromatic rings. The Labute approximate surface area is 200 Å². The Kier molecular flexibility index (Phi) is 17.9. The van der Waals surface area contributed by atoms with Crippen molar-refractivity contribution in [3.05, 3.63) is 75.9 Å². The quantitative estimate of drug-likeness (QED) is 0.121. The molecule has 0 aliphatic carbocycles. The second kappa shape index (κ2) is 18.9. The molecule has 0 aromatic heterocycles. The molecule has 0 spiro atoms. The predicted molar refractivity (Wildman–Crippen MR) is 147 cm³/mol. The first kappa shape index (κ1) is 30.4.